The Kier molecular flexibility index (Phi) is 5.92. The molecule has 0 radical (unpaired) electrons. The SMILES string of the molecule is CCCN1C(=S)N[C@H](c2ccc([N+](=O)[O-])cc2)C(C(=O)Nc2cc(C)on2)=C1C. The van der Waals surface area contributed by atoms with Gasteiger partial charge in [-0.1, -0.05) is 12.1 Å². The van der Waals surface area contributed by atoms with Gasteiger partial charge in [-0.25, -0.2) is 0 Å². The van der Waals surface area contributed by atoms with Gasteiger partial charge in [0, 0.05) is 30.4 Å². The number of allylic oxidation sites excluding steroid dienone is 1. The predicted molar refractivity (Wildman–Crippen MR) is 111 cm³/mol. The molecule has 1 aliphatic rings. The van der Waals surface area contributed by atoms with Crippen LogP contribution in [0.4, 0.5) is 11.5 Å². The average Bonchev–Trinajstić information content (AvgIpc) is 3.09. The van der Waals surface area contributed by atoms with Crippen LogP contribution in [0.3, 0.4) is 0 Å². The zero-order valence-electron chi connectivity index (χ0n) is 16.3. The summed E-state index contributed by atoms with van der Waals surface area (Å²) in [5.74, 6) is 0.536. The molecule has 0 bridgehead atoms. The number of nitro benzene ring substituents is 1. The molecule has 0 unspecified atom stereocenters. The standard InChI is InChI=1S/C19H21N5O4S/c1-4-9-23-12(3)16(18(25)20-15-10-11(2)28-22-15)17(21-19(23)29)13-5-7-14(8-6-13)24(26)27/h5-8,10,17H,4,9H2,1-3H3,(H,21,29)(H,20,22,25)/t17-/m1/s1. The van der Waals surface area contributed by atoms with Crippen molar-refractivity contribution in [2.24, 2.45) is 0 Å². The zero-order chi connectivity index (χ0) is 21.1. The van der Waals surface area contributed by atoms with E-state index in [1.54, 1.807) is 25.1 Å². The molecule has 1 amide bonds. The second-order valence-electron chi connectivity index (χ2n) is 6.66. The fourth-order valence-electron chi connectivity index (χ4n) is 3.22. The predicted octanol–water partition coefficient (Wildman–Crippen LogP) is 3.45. The van der Waals surface area contributed by atoms with Gasteiger partial charge in [0.1, 0.15) is 5.76 Å². The number of non-ortho nitro benzene ring substituents is 1. The Balaban J connectivity index is 2.01. The number of thiocarbonyl (C=S) groups is 1. The molecule has 3 rings (SSSR count). The van der Waals surface area contributed by atoms with E-state index in [1.807, 2.05) is 18.7 Å². The molecule has 2 aromatic rings. The summed E-state index contributed by atoms with van der Waals surface area (Å²) in [4.78, 5) is 25.5. The van der Waals surface area contributed by atoms with E-state index < -0.39 is 11.0 Å². The number of carbonyl (C=O) groups is 1. The van der Waals surface area contributed by atoms with Crippen molar-refractivity contribution in [3.63, 3.8) is 0 Å². The van der Waals surface area contributed by atoms with Crippen LogP contribution in [0.2, 0.25) is 0 Å². The third kappa shape index (κ3) is 4.27. The molecule has 1 aromatic carbocycles. The Labute approximate surface area is 172 Å². The van der Waals surface area contributed by atoms with Crippen molar-refractivity contribution in [1.29, 1.82) is 0 Å². The van der Waals surface area contributed by atoms with Crippen molar-refractivity contribution in [2.75, 3.05) is 11.9 Å². The van der Waals surface area contributed by atoms with Crippen LogP contribution in [0, 0.1) is 17.0 Å². The third-order valence-electron chi connectivity index (χ3n) is 4.59. The Bertz CT molecular complexity index is 983. The van der Waals surface area contributed by atoms with Crippen LogP contribution in [0.25, 0.3) is 0 Å². The molecule has 1 aliphatic heterocycles. The van der Waals surface area contributed by atoms with Crippen molar-refractivity contribution >= 4 is 34.7 Å². The highest BCUT2D eigenvalue weighted by molar-refractivity contribution is 7.80. The minimum absolute atomic E-state index is 0.0236. The lowest BCUT2D eigenvalue weighted by Crippen LogP contribution is -2.48. The number of hydrogen-bond donors (Lipinski definition) is 2. The number of amides is 1. The van der Waals surface area contributed by atoms with Crippen LogP contribution in [-0.2, 0) is 4.79 Å². The van der Waals surface area contributed by atoms with Gasteiger partial charge in [0.05, 0.1) is 16.5 Å². The van der Waals surface area contributed by atoms with Gasteiger partial charge in [-0.15, -0.1) is 0 Å². The minimum Gasteiger partial charge on any atom is -0.360 e. The monoisotopic (exact) mass is 415 g/mol. The highest BCUT2D eigenvalue weighted by atomic mass is 32.1. The van der Waals surface area contributed by atoms with Gasteiger partial charge in [0.15, 0.2) is 10.9 Å². The first-order valence-electron chi connectivity index (χ1n) is 9.09. The highest BCUT2D eigenvalue weighted by Gasteiger charge is 2.34. The Morgan fingerprint density at radius 2 is 2.07 bits per heavy atom. The first-order valence-corrected chi connectivity index (χ1v) is 9.50. The molecule has 10 heteroatoms. The van der Waals surface area contributed by atoms with E-state index in [9.17, 15) is 14.9 Å². The number of aromatic nitrogens is 1. The topological polar surface area (TPSA) is 114 Å². The van der Waals surface area contributed by atoms with Crippen molar-refractivity contribution in [3.8, 4) is 0 Å². The van der Waals surface area contributed by atoms with Crippen LogP contribution < -0.4 is 10.6 Å². The summed E-state index contributed by atoms with van der Waals surface area (Å²) >= 11 is 5.50. The summed E-state index contributed by atoms with van der Waals surface area (Å²) in [6.45, 7) is 6.25. The first kappa shape index (κ1) is 20.5. The van der Waals surface area contributed by atoms with Crippen LogP contribution in [0.5, 0.6) is 0 Å². The summed E-state index contributed by atoms with van der Waals surface area (Å²) in [7, 11) is 0. The van der Waals surface area contributed by atoms with Crippen molar-refractivity contribution in [3.05, 3.63) is 63.0 Å². The molecule has 9 nitrogen and oxygen atoms in total. The van der Waals surface area contributed by atoms with Crippen molar-refractivity contribution in [1.82, 2.24) is 15.4 Å². The Morgan fingerprint density at radius 3 is 2.62 bits per heavy atom. The molecular weight excluding hydrogens is 394 g/mol. The van der Waals surface area contributed by atoms with E-state index >= 15 is 0 Å². The van der Waals surface area contributed by atoms with E-state index in [1.165, 1.54) is 12.1 Å². The first-order chi connectivity index (χ1) is 13.8. The van der Waals surface area contributed by atoms with Crippen LogP contribution in [0.15, 0.2) is 46.1 Å². The lowest BCUT2D eigenvalue weighted by atomic mass is 9.94. The number of rotatable bonds is 6. The summed E-state index contributed by atoms with van der Waals surface area (Å²) in [5, 5.41) is 21.2. The fourth-order valence-corrected chi connectivity index (χ4v) is 3.56. The van der Waals surface area contributed by atoms with E-state index in [0.717, 1.165) is 12.1 Å². The lowest BCUT2D eigenvalue weighted by molar-refractivity contribution is -0.384. The van der Waals surface area contributed by atoms with Gasteiger partial charge >= 0.3 is 0 Å². The van der Waals surface area contributed by atoms with Gasteiger partial charge < -0.3 is 20.1 Å². The van der Waals surface area contributed by atoms with Gasteiger partial charge in [-0.05, 0) is 50.2 Å². The maximum atomic E-state index is 13.1. The van der Waals surface area contributed by atoms with Gasteiger partial charge in [-0.3, -0.25) is 14.9 Å². The number of anilines is 1. The van der Waals surface area contributed by atoms with E-state index in [0.29, 0.717) is 34.4 Å². The number of nitro groups is 1. The summed E-state index contributed by atoms with van der Waals surface area (Å²) in [6, 6.07) is 7.13. The summed E-state index contributed by atoms with van der Waals surface area (Å²) in [5.41, 5.74) is 1.85. The number of aryl methyl sites for hydroxylation is 1. The van der Waals surface area contributed by atoms with E-state index in [-0.39, 0.29) is 11.6 Å². The van der Waals surface area contributed by atoms with Crippen LogP contribution in [0.1, 0.15) is 37.6 Å². The summed E-state index contributed by atoms with van der Waals surface area (Å²) < 4.78 is 5.01. The molecular formula is C19H21N5O4S. The Morgan fingerprint density at radius 1 is 1.38 bits per heavy atom. The molecule has 0 saturated carbocycles. The number of nitrogens with one attached hydrogen (secondary N) is 2. The molecule has 1 aromatic heterocycles. The van der Waals surface area contributed by atoms with Crippen molar-refractivity contribution < 1.29 is 14.2 Å². The Hall–Kier alpha value is -3.27. The van der Waals surface area contributed by atoms with E-state index in [4.69, 9.17) is 16.7 Å². The van der Waals surface area contributed by atoms with Gasteiger partial charge in [-0.2, -0.15) is 0 Å². The molecule has 0 aliphatic carbocycles. The molecule has 0 fully saturated rings. The number of hydrogen-bond acceptors (Lipinski definition) is 6. The maximum absolute atomic E-state index is 13.1. The largest absolute Gasteiger partial charge is 0.360 e. The second kappa shape index (κ2) is 8.39. The molecule has 29 heavy (non-hydrogen) atoms. The normalized spacial score (nSPS) is 16.6. The second-order valence-corrected chi connectivity index (χ2v) is 7.05. The van der Waals surface area contributed by atoms with Gasteiger partial charge in [0.2, 0.25) is 0 Å². The fraction of sp³-hybridized carbons (Fsp3) is 0.316. The molecule has 2 heterocycles. The summed E-state index contributed by atoms with van der Waals surface area (Å²) in [6.07, 6.45) is 0.846. The number of benzene rings is 1. The molecule has 152 valence electrons. The highest BCUT2D eigenvalue weighted by Crippen LogP contribution is 2.32. The number of carbonyl (C=O) groups excluding carboxylic acids is 1. The van der Waals surface area contributed by atoms with Crippen molar-refractivity contribution in [2.45, 2.75) is 33.2 Å². The van der Waals surface area contributed by atoms with Crippen LogP contribution in [-0.4, -0.2) is 32.5 Å². The van der Waals surface area contributed by atoms with E-state index in [2.05, 4.69) is 15.8 Å². The zero-order valence-corrected chi connectivity index (χ0v) is 17.1. The smallest absolute Gasteiger partial charge is 0.269 e. The molecule has 0 saturated heterocycles. The van der Waals surface area contributed by atoms with Gasteiger partial charge in [0.25, 0.3) is 11.6 Å². The third-order valence-corrected chi connectivity index (χ3v) is 4.93. The molecule has 0 spiro atoms. The average molecular weight is 415 g/mol. The molecule has 2 N–H and O–H groups in total. The quantitative estimate of drug-likeness (QED) is 0.419. The maximum Gasteiger partial charge on any atom is 0.269 e. The number of nitrogens with zero attached hydrogens (tertiary/aromatic N) is 3. The lowest BCUT2D eigenvalue weighted by Gasteiger charge is -2.37. The molecule has 1 atom stereocenters. The minimum atomic E-state index is -0.551. The van der Waals surface area contributed by atoms with Crippen LogP contribution >= 0.6 is 12.2 Å².